The largest absolute Gasteiger partial charge is 0.204 e. The topological polar surface area (TPSA) is 0 Å². The summed E-state index contributed by atoms with van der Waals surface area (Å²) in [6.07, 6.45) is 10.4. The van der Waals surface area contributed by atoms with Crippen molar-refractivity contribution in [2.45, 2.75) is 39.0 Å². The molecule has 0 aliphatic heterocycles. The molecule has 2 heteroatoms. The molecule has 0 nitrogen and oxygen atoms in total. The summed E-state index contributed by atoms with van der Waals surface area (Å²) in [6.45, 7) is 2.26. The van der Waals surface area contributed by atoms with Crippen LogP contribution in [0.5, 0.6) is 0 Å². The summed E-state index contributed by atoms with van der Waals surface area (Å²) in [5.74, 6) is 5.57. The first-order valence-electron chi connectivity index (χ1n) is 7.32. The van der Waals surface area contributed by atoms with Gasteiger partial charge in [0.05, 0.1) is 0 Å². The van der Waals surface area contributed by atoms with E-state index in [4.69, 9.17) is 0 Å². The molecule has 0 N–H and O–H groups in total. The minimum absolute atomic E-state index is 0.503. The number of hydrogen-bond donors (Lipinski definition) is 0. The van der Waals surface area contributed by atoms with E-state index in [1.54, 1.807) is 0 Å². The molecule has 2 rings (SSSR count). The standard InChI is InChI=1S/C18H20F2/c1-2-14-7-9-15(10-8-14)5-3-4-6-16-11-12-17(19)18(20)13-16/h3,5,11-15H,2,7-10H2,1H3. The normalized spacial score (nSPS) is 22.6. The molecule has 106 valence electrons. The van der Waals surface area contributed by atoms with Crippen LogP contribution in [-0.4, -0.2) is 0 Å². The monoisotopic (exact) mass is 274 g/mol. The average molecular weight is 274 g/mol. The Morgan fingerprint density at radius 1 is 1.15 bits per heavy atom. The zero-order valence-corrected chi connectivity index (χ0v) is 11.8. The van der Waals surface area contributed by atoms with E-state index < -0.39 is 11.6 Å². The molecule has 0 bridgehead atoms. The van der Waals surface area contributed by atoms with E-state index in [0.29, 0.717) is 11.5 Å². The summed E-state index contributed by atoms with van der Waals surface area (Å²) >= 11 is 0. The van der Waals surface area contributed by atoms with Crippen molar-refractivity contribution in [3.05, 3.63) is 47.5 Å². The van der Waals surface area contributed by atoms with Gasteiger partial charge in [-0.3, -0.25) is 0 Å². The molecule has 0 saturated heterocycles. The minimum Gasteiger partial charge on any atom is -0.204 e. The van der Waals surface area contributed by atoms with Gasteiger partial charge >= 0.3 is 0 Å². The van der Waals surface area contributed by atoms with Crippen molar-refractivity contribution in [3.8, 4) is 11.8 Å². The second-order valence-electron chi connectivity index (χ2n) is 5.45. The van der Waals surface area contributed by atoms with Crippen LogP contribution in [0.25, 0.3) is 0 Å². The van der Waals surface area contributed by atoms with Crippen molar-refractivity contribution >= 4 is 0 Å². The number of benzene rings is 1. The first-order valence-corrected chi connectivity index (χ1v) is 7.32. The van der Waals surface area contributed by atoms with Crippen LogP contribution in [0.15, 0.2) is 30.4 Å². The predicted molar refractivity (Wildman–Crippen MR) is 78.1 cm³/mol. The Hall–Kier alpha value is -1.62. The number of allylic oxidation sites excluding steroid dienone is 2. The van der Waals surface area contributed by atoms with Gasteiger partial charge in [-0.15, -0.1) is 0 Å². The third kappa shape index (κ3) is 4.20. The molecule has 0 unspecified atom stereocenters. The van der Waals surface area contributed by atoms with Crippen LogP contribution in [0, 0.1) is 35.3 Å². The fourth-order valence-electron chi connectivity index (χ4n) is 2.67. The van der Waals surface area contributed by atoms with Gasteiger partial charge in [0.15, 0.2) is 11.6 Å². The van der Waals surface area contributed by atoms with Gasteiger partial charge in [0.1, 0.15) is 0 Å². The van der Waals surface area contributed by atoms with Crippen LogP contribution in [0.2, 0.25) is 0 Å². The Kier molecular flexibility index (Phi) is 5.35. The van der Waals surface area contributed by atoms with Gasteiger partial charge in [-0.25, -0.2) is 8.78 Å². The molecule has 1 saturated carbocycles. The molecule has 0 atom stereocenters. The molecule has 0 amide bonds. The minimum atomic E-state index is -0.848. The van der Waals surface area contributed by atoms with E-state index in [1.165, 1.54) is 38.2 Å². The van der Waals surface area contributed by atoms with Crippen molar-refractivity contribution < 1.29 is 8.78 Å². The molecule has 0 spiro atoms. The van der Waals surface area contributed by atoms with E-state index in [1.807, 2.05) is 6.08 Å². The molecule has 1 fully saturated rings. The quantitative estimate of drug-likeness (QED) is 0.659. The summed E-state index contributed by atoms with van der Waals surface area (Å²) in [5.41, 5.74) is 0.503. The fraction of sp³-hybridized carbons (Fsp3) is 0.444. The van der Waals surface area contributed by atoms with Gasteiger partial charge in [-0.05, 0) is 61.8 Å². The summed E-state index contributed by atoms with van der Waals surface area (Å²) < 4.78 is 25.7. The van der Waals surface area contributed by atoms with Gasteiger partial charge in [-0.2, -0.15) is 0 Å². The van der Waals surface area contributed by atoms with Crippen molar-refractivity contribution in [1.82, 2.24) is 0 Å². The first kappa shape index (κ1) is 14.8. The smallest absolute Gasteiger partial charge is 0.160 e. The van der Waals surface area contributed by atoms with Crippen molar-refractivity contribution in [2.75, 3.05) is 0 Å². The van der Waals surface area contributed by atoms with Gasteiger partial charge in [0.25, 0.3) is 0 Å². The lowest BCUT2D eigenvalue weighted by Crippen LogP contribution is -2.11. The maximum Gasteiger partial charge on any atom is 0.160 e. The predicted octanol–water partition coefficient (Wildman–Crippen LogP) is 5.09. The molecule has 1 aromatic rings. The van der Waals surface area contributed by atoms with E-state index in [2.05, 4.69) is 24.8 Å². The highest BCUT2D eigenvalue weighted by Gasteiger charge is 2.17. The lowest BCUT2D eigenvalue weighted by molar-refractivity contribution is 0.304. The molecular weight excluding hydrogens is 254 g/mol. The highest BCUT2D eigenvalue weighted by Crippen LogP contribution is 2.31. The van der Waals surface area contributed by atoms with Crippen LogP contribution < -0.4 is 0 Å². The van der Waals surface area contributed by atoms with Crippen molar-refractivity contribution in [1.29, 1.82) is 0 Å². The lowest BCUT2D eigenvalue weighted by Gasteiger charge is -2.25. The zero-order valence-electron chi connectivity index (χ0n) is 11.8. The fourth-order valence-corrected chi connectivity index (χ4v) is 2.67. The van der Waals surface area contributed by atoms with Gasteiger partial charge < -0.3 is 0 Å². The summed E-state index contributed by atoms with van der Waals surface area (Å²) in [6, 6.07) is 3.73. The average Bonchev–Trinajstić information content (AvgIpc) is 2.48. The van der Waals surface area contributed by atoms with Crippen LogP contribution in [-0.2, 0) is 0 Å². The molecule has 1 aliphatic carbocycles. The van der Waals surface area contributed by atoms with Crippen LogP contribution in [0.1, 0.15) is 44.6 Å². The molecule has 0 heterocycles. The maximum absolute atomic E-state index is 13.0. The van der Waals surface area contributed by atoms with Gasteiger partial charge in [0, 0.05) is 5.56 Å². The van der Waals surface area contributed by atoms with Gasteiger partial charge in [-0.1, -0.05) is 31.3 Å². The third-order valence-electron chi connectivity index (χ3n) is 4.06. The van der Waals surface area contributed by atoms with E-state index in [-0.39, 0.29) is 0 Å². The van der Waals surface area contributed by atoms with Crippen molar-refractivity contribution in [3.63, 3.8) is 0 Å². The Balaban J connectivity index is 1.87. The zero-order chi connectivity index (χ0) is 14.4. The maximum atomic E-state index is 13.0. The Bertz CT molecular complexity index is 526. The lowest BCUT2D eigenvalue weighted by atomic mass is 9.81. The summed E-state index contributed by atoms with van der Waals surface area (Å²) in [7, 11) is 0. The van der Waals surface area contributed by atoms with E-state index in [0.717, 1.165) is 18.1 Å². The highest BCUT2D eigenvalue weighted by molar-refractivity contribution is 5.37. The molecule has 0 aromatic heterocycles. The molecule has 1 aromatic carbocycles. The van der Waals surface area contributed by atoms with Crippen LogP contribution in [0.4, 0.5) is 8.78 Å². The summed E-state index contributed by atoms with van der Waals surface area (Å²) in [4.78, 5) is 0. The summed E-state index contributed by atoms with van der Waals surface area (Å²) in [5, 5.41) is 0. The number of hydrogen-bond acceptors (Lipinski definition) is 0. The second kappa shape index (κ2) is 7.24. The SMILES string of the molecule is CCC1CCC(C=CC#Cc2ccc(F)c(F)c2)CC1. The van der Waals surface area contributed by atoms with Crippen LogP contribution in [0.3, 0.4) is 0 Å². The van der Waals surface area contributed by atoms with Gasteiger partial charge in [0.2, 0.25) is 0 Å². The Morgan fingerprint density at radius 2 is 1.90 bits per heavy atom. The molecule has 1 aliphatic rings. The molecular formula is C18H20F2. The van der Waals surface area contributed by atoms with E-state index >= 15 is 0 Å². The number of halogens is 2. The second-order valence-corrected chi connectivity index (χ2v) is 5.45. The van der Waals surface area contributed by atoms with Crippen molar-refractivity contribution in [2.24, 2.45) is 11.8 Å². The third-order valence-corrected chi connectivity index (χ3v) is 4.06. The molecule has 20 heavy (non-hydrogen) atoms. The van der Waals surface area contributed by atoms with Crippen LogP contribution >= 0.6 is 0 Å². The molecule has 0 radical (unpaired) electrons. The Morgan fingerprint density at radius 3 is 2.55 bits per heavy atom. The highest BCUT2D eigenvalue weighted by atomic mass is 19.2. The van der Waals surface area contributed by atoms with E-state index in [9.17, 15) is 8.78 Å². The Labute approximate surface area is 119 Å². The first-order chi connectivity index (χ1) is 9.69. The number of rotatable bonds is 2.